The summed E-state index contributed by atoms with van der Waals surface area (Å²) in [5, 5.41) is 16.4. The highest BCUT2D eigenvalue weighted by atomic mass is 16.3. The van der Waals surface area contributed by atoms with Gasteiger partial charge >= 0.3 is 0 Å². The number of rotatable bonds is 4. The van der Waals surface area contributed by atoms with Gasteiger partial charge in [0.1, 0.15) is 5.75 Å². The van der Waals surface area contributed by atoms with Gasteiger partial charge in [0, 0.05) is 17.8 Å². The summed E-state index contributed by atoms with van der Waals surface area (Å²) < 4.78 is 0. The molecule has 3 N–H and O–H groups in total. The van der Waals surface area contributed by atoms with E-state index in [0.717, 1.165) is 18.7 Å². The SMILES string of the molecule is CC(CC1CCCCCN1)Nc1ccc(O)cc1. The highest BCUT2D eigenvalue weighted by Gasteiger charge is 2.14. The first-order valence-electron chi connectivity index (χ1n) is 7.03. The molecule has 1 aromatic carbocycles. The van der Waals surface area contributed by atoms with E-state index in [1.807, 2.05) is 12.1 Å². The first-order valence-corrected chi connectivity index (χ1v) is 7.03. The van der Waals surface area contributed by atoms with Crippen molar-refractivity contribution >= 4 is 5.69 Å². The topological polar surface area (TPSA) is 44.3 Å². The lowest BCUT2D eigenvalue weighted by atomic mass is 10.0. The Balaban J connectivity index is 1.80. The third-order valence-electron chi connectivity index (χ3n) is 3.58. The molecule has 0 spiro atoms. The van der Waals surface area contributed by atoms with E-state index in [1.54, 1.807) is 12.1 Å². The van der Waals surface area contributed by atoms with Crippen LogP contribution in [0.4, 0.5) is 5.69 Å². The van der Waals surface area contributed by atoms with Crippen LogP contribution in [0.15, 0.2) is 24.3 Å². The number of nitrogens with one attached hydrogen (secondary N) is 2. The Kier molecular flexibility index (Phi) is 4.88. The Labute approximate surface area is 110 Å². The molecule has 0 radical (unpaired) electrons. The highest BCUT2D eigenvalue weighted by Crippen LogP contribution is 2.17. The molecule has 2 rings (SSSR count). The number of anilines is 1. The van der Waals surface area contributed by atoms with E-state index in [0.29, 0.717) is 17.8 Å². The molecule has 3 nitrogen and oxygen atoms in total. The molecule has 2 atom stereocenters. The van der Waals surface area contributed by atoms with Crippen LogP contribution in [0.25, 0.3) is 0 Å². The van der Waals surface area contributed by atoms with E-state index in [2.05, 4.69) is 17.6 Å². The Morgan fingerprint density at radius 3 is 2.83 bits per heavy atom. The highest BCUT2D eigenvalue weighted by molar-refractivity contribution is 5.46. The summed E-state index contributed by atoms with van der Waals surface area (Å²) in [5.41, 5.74) is 1.08. The van der Waals surface area contributed by atoms with E-state index in [4.69, 9.17) is 0 Å². The maximum absolute atomic E-state index is 9.25. The van der Waals surface area contributed by atoms with Crippen LogP contribution in [0.1, 0.15) is 39.0 Å². The molecule has 0 bridgehead atoms. The second kappa shape index (κ2) is 6.64. The van der Waals surface area contributed by atoms with Crippen molar-refractivity contribution in [1.82, 2.24) is 5.32 Å². The predicted octanol–water partition coefficient (Wildman–Crippen LogP) is 3.11. The van der Waals surface area contributed by atoms with Crippen LogP contribution in [0.5, 0.6) is 5.75 Å². The largest absolute Gasteiger partial charge is 0.508 e. The molecule has 1 heterocycles. The average molecular weight is 248 g/mol. The van der Waals surface area contributed by atoms with Crippen molar-refractivity contribution in [3.05, 3.63) is 24.3 Å². The molecule has 1 aliphatic rings. The van der Waals surface area contributed by atoms with E-state index < -0.39 is 0 Å². The summed E-state index contributed by atoms with van der Waals surface area (Å²) in [5.74, 6) is 0.318. The van der Waals surface area contributed by atoms with Crippen molar-refractivity contribution < 1.29 is 5.11 Å². The quantitative estimate of drug-likeness (QED) is 0.717. The monoisotopic (exact) mass is 248 g/mol. The Morgan fingerprint density at radius 1 is 1.28 bits per heavy atom. The smallest absolute Gasteiger partial charge is 0.115 e. The van der Waals surface area contributed by atoms with Crippen molar-refractivity contribution in [3.8, 4) is 5.75 Å². The van der Waals surface area contributed by atoms with Gasteiger partial charge in [-0.3, -0.25) is 0 Å². The number of aromatic hydroxyl groups is 1. The molecule has 1 aromatic rings. The molecule has 1 aliphatic heterocycles. The molecule has 0 aromatic heterocycles. The Hall–Kier alpha value is -1.22. The van der Waals surface area contributed by atoms with Gasteiger partial charge in [0.15, 0.2) is 0 Å². The van der Waals surface area contributed by atoms with Crippen LogP contribution in [-0.2, 0) is 0 Å². The summed E-state index contributed by atoms with van der Waals surface area (Å²) in [7, 11) is 0. The first kappa shape index (κ1) is 13.2. The maximum atomic E-state index is 9.25. The molecular formula is C15H24N2O. The summed E-state index contributed by atoms with van der Waals surface area (Å²) in [6.07, 6.45) is 6.48. The molecular weight excluding hydrogens is 224 g/mol. The number of phenols is 1. The summed E-state index contributed by atoms with van der Waals surface area (Å²) in [6, 6.07) is 8.38. The third kappa shape index (κ3) is 4.22. The fraction of sp³-hybridized carbons (Fsp3) is 0.600. The van der Waals surface area contributed by atoms with E-state index in [1.165, 1.54) is 25.7 Å². The molecule has 100 valence electrons. The van der Waals surface area contributed by atoms with Gasteiger partial charge in [0.05, 0.1) is 0 Å². The minimum Gasteiger partial charge on any atom is -0.508 e. The maximum Gasteiger partial charge on any atom is 0.115 e. The van der Waals surface area contributed by atoms with Gasteiger partial charge in [-0.2, -0.15) is 0 Å². The van der Waals surface area contributed by atoms with Crippen LogP contribution in [0.2, 0.25) is 0 Å². The predicted molar refractivity (Wildman–Crippen MR) is 76.1 cm³/mol. The van der Waals surface area contributed by atoms with Gasteiger partial charge in [-0.05, 0) is 57.0 Å². The summed E-state index contributed by atoms with van der Waals surface area (Å²) in [6.45, 7) is 3.38. The van der Waals surface area contributed by atoms with Crippen LogP contribution in [-0.4, -0.2) is 23.7 Å². The molecule has 1 saturated heterocycles. The zero-order chi connectivity index (χ0) is 12.8. The molecule has 0 aliphatic carbocycles. The van der Waals surface area contributed by atoms with Crippen molar-refractivity contribution in [2.24, 2.45) is 0 Å². The Morgan fingerprint density at radius 2 is 2.06 bits per heavy atom. The lowest BCUT2D eigenvalue weighted by Gasteiger charge is -2.22. The fourth-order valence-corrected chi connectivity index (χ4v) is 2.63. The summed E-state index contributed by atoms with van der Waals surface area (Å²) >= 11 is 0. The Bertz CT molecular complexity index is 342. The molecule has 18 heavy (non-hydrogen) atoms. The lowest BCUT2D eigenvalue weighted by Crippen LogP contribution is -2.33. The van der Waals surface area contributed by atoms with E-state index in [9.17, 15) is 5.11 Å². The number of hydrogen-bond acceptors (Lipinski definition) is 3. The van der Waals surface area contributed by atoms with Crippen LogP contribution < -0.4 is 10.6 Å². The molecule has 3 heteroatoms. The van der Waals surface area contributed by atoms with Gasteiger partial charge in [-0.1, -0.05) is 12.8 Å². The van der Waals surface area contributed by atoms with E-state index >= 15 is 0 Å². The third-order valence-corrected chi connectivity index (χ3v) is 3.58. The number of benzene rings is 1. The summed E-state index contributed by atoms with van der Waals surface area (Å²) in [4.78, 5) is 0. The minimum absolute atomic E-state index is 0.318. The molecule has 0 amide bonds. The van der Waals surface area contributed by atoms with Gasteiger partial charge in [0.25, 0.3) is 0 Å². The van der Waals surface area contributed by atoms with Gasteiger partial charge in [-0.15, -0.1) is 0 Å². The first-order chi connectivity index (χ1) is 8.74. The van der Waals surface area contributed by atoms with Gasteiger partial charge < -0.3 is 15.7 Å². The normalized spacial score (nSPS) is 22.2. The molecule has 2 unspecified atom stereocenters. The number of phenolic OH excluding ortho intramolecular Hbond substituents is 1. The zero-order valence-corrected chi connectivity index (χ0v) is 11.2. The van der Waals surface area contributed by atoms with Crippen molar-refractivity contribution in [1.29, 1.82) is 0 Å². The van der Waals surface area contributed by atoms with Gasteiger partial charge in [0.2, 0.25) is 0 Å². The zero-order valence-electron chi connectivity index (χ0n) is 11.2. The number of hydrogen-bond donors (Lipinski definition) is 3. The van der Waals surface area contributed by atoms with Gasteiger partial charge in [-0.25, -0.2) is 0 Å². The molecule has 1 fully saturated rings. The second-order valence-corrected chi connectivity index (χ2v) is 5.33. The fourth-order valence-electron chi connectivity index (χ4n) is 2.63. The molecule has 0 saturated carbocycles. The van der Waals surface area contributed by atoms with Crippen LogP contribution >= 0.6 is 0 Å². The second-order valence-electron chi connectivity index (χ2n) is 5.33. The average Bonchev–Trinajstić information content (AvgIpc) is 2.61. The van der Waals surface area contributed by atoms with Crippen molar-refractivity contribution in [2.45, 2.75) is 51.1 Å². The van der Waals surface area contributed by atoms with Crippen LogP contribution in [0.3, 0.4) is 0 Å². The van der Waals surface area contributed by atoms with Crippen molar-refractivity contribution in [2.75, 3.05) is 11.9 Å². The standard InChI is InChI=1S/C15H24N2O/c1-12(11-14-5-3-2-4-10-16-14)17-13-6-8-15(18)9-7-13/h6-9,12,14,16-18H,2-5,10-11H2,1H3. The van der Waals surface area contributed by atoms with Crippen LogP contribution in [0, 0.1) is 0 Å². The lowest BCUT2D eigenvalue weighted by molar-refractivity contribution is 0.456. The van der Waals surface area contributed by atoms with E-state index in [-0.39, 0.29) is 0 Å². The van der Waals surface area contributed by atoms with Crippen molar-refractivity contribution in [3.63, 3.8) is 0 Å². The minimum atomic E-state index is 0.318.